The van der Waals surface area contributed by atoms with Gasteiger partial charge in [-0.25, -0.2) is 14.6 Å². The first-order chi connectivity index (χ1) is 28.5. The van der Waals surface area contributed by atoms with Gasteiger partial charge < -0.3 is 13.5 Å². The third-order valence-corrected chi connectivity index (χ3v) is 5.40. The monoisotopic (exact) mass is 852 g/mol. The second-order valence-electron chi connectivity index (χ2n) is 7.32. The summed E-state index contributed by atoms with van der Waals surface area (Å²) in [6.45, 7) is 0.667. The summed E-state index contributed by atoms with van der Waals surface area (Å²) < 4.78 is 31.4. The lowest BCUT2D eigenvalue weighted by atomic mass is 10.5. The molecule has 0 N–H and O–H groups in total. The van der Waals surface area contributed by atoms with Crippen LogP contribution in [0, 0.1) is 0 Å². The van der Waals surface area contributed by atoms with E-state index in [9.17, 15) is 0 Å². The Morgan fingerprint density at radius 2 is 1.26 bits per heavy atom. The fourth-order valence-electron chi connectivity index (χ4n) is 1.84. The van der Waals surface area contributed by atoms with Crippen molar-refractivity contribution >= 4 is 52.3 Å². The van der Waals surface area contributed by atoms with Crippen molar-refractivity contribution in [2.75, 3.05) is 6.54 Å². The number of aromatic nitrogens is 19. The Morgan fingerprint density at radius 1 is 0.509 bits per heavy atom. The molecule has 11 rings (SSSR count). The highest BCUT2D eigenvalue weighted by atomic mass is 32.1. The quantitative estimate of drug-likeness (QED) is 0.203. The lowest BCUT2D eigenvalue weighted by Gasteiger charge is -1.70. The van der Waals surface area contributed by atoms with Gasteiger partial charge in [0.15, 0.2) is 6.33 Å². The average Bonchev–Trinajstić information content (AvgIpc) is 4.16. The lowest BCUT2D eigenvalue weighted by molar-refractivity contribution is 0.307. The van der Waals surface area contributed by atoms with Crippen LogP contribution in [-0.2, 0) is 0 Å². The molecule has 0 atom stereocenters. The van der Waals surface area contributed by atoms with Gasteiger partial charge in [0.1, 0.15) is 29.1 Å². The van der Waals surface area contributed by atoms with E-state index in [0.29, 0.717) is 6.54 Å². The second kappa shape index (κ2) is 44.5. The Kier molecular flexibility index (Phi) is 36.9. The molecule has 1 aliphatic rings. The van der Waals surface area contributed by atoms with Crippen LogP contribution in [0.3, 0.4) is 0 Å². The normalized spacial score (nSPS) is 8.84. The van der Waals surface area contributed by atoms with Gasteiger partial charge in [-0.3, -0.25) is 4.98 Å². The van der Waals surface area contributed by atoms with Gasteiger partial charge in [-0.05, 0) is 52.6 Å². The van der Waals surface area contributed by atoms with E-state index in [-0.39, 0.29) is 0 Å². The smallest absolute Gasteiger partial charge is 0.213 e. The van der Waals surface area contributed by atoms with Crippen LogP contribution in [0.15, 0.2) is 186 Å². The Hall–Kier alpha value is -7.70. The summed E-state index contributed by atoms with van der Waals surface area (Å²) in [5.74, 6) is 0. The van der Waals surface area contributed by atoms with Crippen LogP contribution in [0.4, 0.5) is 0 Å². The predicted molar refractivity (Wildman–Crippen MR) is 201 cm³/mol. The van der Waals surface area contributed by atoms with Gasteiger partial charge in [0.05, 0.1) is 61.7 Å². The van der Waals surface area contributed by atoms with Gasteiger partial charge in [0.2, 0.25) is 19.2 Å². The molecule has 57 heavy (non-hydrogen) atoms. The number of nitrogens with zero attached hydrogens (tertiary/aromatic N) is 22. The number of rotatable bonds is 0. The average molecular weight is 853 g/mol. The third kappa shape index (κ3) is 42.6. The van der Waals surface area contributed by atoms with Crippen molar-refractivity contribution in [3.8, 4) is 0 Å². The molecule has 10 aromatic heterocycles. The Morgan fingerprint density at radius 3 is 1.46 bits per heavy atom. The van der Waals surface area contributed by atoms with E-state index >= 15 is 0 Å². The minimum Gasteiger partial charge on any atom is -0.431 e. The SMILES string of the molecule is C1=NN=NC1.c1ccncc1.c1ccnnc1.c1cnon1.c1cnsn1.c1conn1.c1csnn1.c1ncon1.c1ncsn1.c1nnco1.c1nncs1. The van der Waals surface area contributed by atoms with Crippen LogP contribution in [0.1, 0.15) is 0 Å². The van der Waals surface area contributed by atoms with Gasteiger partial charge in [-0.15, -0.1) is 47.0 Å². The summed E-state index contributed by atoms with van der Waals surface area (Å²) in [6.07, 6.45) is 25.9. The summed E-state index contributed by atoms with van der Waals surface area (Å²) in [6, 6.07) is 9.37. The van der Waals surface area contributed by atoms with E-state index in [1.165, 1.54) is 103 Å². The molecular formula is C27H28N22O4S4. The van der Waals surface area contributed by atoms with Gasteiger partial charge in [0, 0.05) is 35.4 Å². The summed E-state index contributed by atoms with van der Waals surface area (Å²) in [5.41, 5.74) is 5.04. The molecule has 0 bridgehead atoms. The molecule has 0 spiro atoms. The van der Waals surface area contributed by atoms with Gasteiger partial charge in [0.25, 0.3) is 0 Å². The molecule has 0 fully saturated rings. The molecule has 0 saturated carbocycles. The fraction of sp³-hybridized carbons (Fsp3) is 0.0370. The van der Waals surface area contributed by atoms with Crippen LogP contribution in [0.5, 0.6) is 0 Å². The van der Waals surface area contributed by atoms with Gasteiger partial charge in [-0.2, -0.15) is 28.4 Å². The maximum absolute atomic E-state index is 4.36. The summed E-state index contributed by atoms with van der Waals surface area (Å²) in [4.78, 5) is 10.9. The summed E-state index contributed by atoms with van der Waals surface area (Å²) in [7, 11) is 0. The third-order valence-electron chi connectivity index (χ3n) is 3.67. The van der Waals surface area contributed by atoms with Crippen molar-refractivity contribution in [1.82, 2.24) is 94.1 Å². The molecule has 10 aromatic rings. The standard InChI is InChI=1S/C5H5N.C4H4N2.C2H3N3.4C2H2N2O.4C2H2N2S/c2*1-2-4-6-5-3-1;1-2-4-5-3-1;1-3-4-2-5-1;1-3-2-5-4-1;1-2-5-4-3-1;1-2-4-5-3-1;1-3-4-2-5-1;1-3-2-5-4-1;1-2-5-4-3-1;1-2-4-5-3-1/h1-5H;1-4H;1H,2H2;8*1-2H. The van der Waals surface area contributed by atoms with Gasteiger partial charge >= 0.3 is 0 Å². The Bertz CT molecular complexity index is 1420. The van der Waals surface area contributed by atoms with E-state index < -0.39 is 0 Å². The first kappa shape index (κ1) is 47.3. The lowest BCUT2D eigenvalue weighted by Crippen LogP contribution is -1.69. The molecule has 294 valence electrons. The largest absolute Gasteiger partial charge is 0.431 e. The molecule has 11 heterocycles. The molecule has 0 unspecified atom stereocenters. The van der Waals surface area contributed by atoms with Crippen molar-refractivity contribution in [2.45, 2.75) is 0 Å². The molecule has 1 aliphatic heterocycles. The van der Waals surface area contributed by atoms with E-state index in [0.717, 1.165) is 0 Å². The first-order valence-corrected chi connectivity index (χ1v) is 17.9. The van der Waals surface area contributed by atoms with Crippen LogP contribution in [0.2, 0.25) is 0 Å². The van der Waals surface area contributed by atoms with E-state index in [2.05, 4.69) is 128 Å². The second-order valence-corrected chi connectivity index (χ2v) is 9.88. The number of pyridine rings is 1. The zero-order valence-corrected chi connectivity index (χ0v) is 32.1. The Labute approximate surface area is 337 Å². The van der Waals surface area contributed by atoms with Crippen LogP contribution < -0.4 is 0 Å². The number of hydrogen-bond donors (Lipinski definition) is 0. The molecule has 0 amide bonds. The predicted octanol–water partition coefficient (Wildman–Crippen LogP) is 4.43. The molecule has 30 heteroatoms. The van der Waals surface area contributed by atoms with Crippen LogP contribution in [0.25, 0.3) is 0 Å². The van der Waals surface area contributed by atoms with Crippen molar-refractivity contribution in [3.63, 3.8) is 0 Å². The van der Waals surface area contributed by atoms with Crippen molar-refractivity contribution < 1.29 is 18.1 Å². The van der Waals surface area contributed by atoms with E-state index in [1.54, 1.807) is 66.1 Å². The molecule has 0 saturated heterocycles. The topological polar surface area (TPSA) is 335 Å². The highest BCUT2D eigenvalue weighted by Gasteiger charge is 1.76. The highest BCUT2D eigenvalue weighted by molar-refractivity contribution is 7.07. The minimum absolute atomic E-state index is 0.667. The maximum atomic E-state index is 4.36. The maximum Gasteiger partial charge on any atom is 0.213 e. The summed E-state index contributed by atoms with van der Waals surface area (Å²) in [5, 5.41) is 52.3. The molecule has 0 aliphatic carbocycles. The van der Waals surface area contributed by atoms with E-state index in [1.807, 2.05) is 35.7 Å². The molecule has 26 nitrogen and oxygen atoms in total. The molecule has 0 aromatic carbocycles. The zero-order chi connectivity index (χ0) is 40.3. The minimum atomic E-state index is 0.667. The summed E-state index contributed by atoms with van der Waals surface area (Å²) >= 11 is 5.41. The van der Waals surface area contributed by atoms with Crippen molar-refractivity contribution in [2.24, 2.45) is 15.4 Å². The number of hydrogen-bond acceptors (Lipinski definition) is 30. The van der Waals surface area contributed by atoms with E-state index in [4.69, 9.17) is 0 Å². The van der Waals surface area contributed by atoms with Crippen molar-refractivity contribution in [3.05, 3.63) is 152 Å². The van der Waals surface area contributed by atoms with Crippen molar-refractivity contribution in [1.29, 1.82) is 0 Å². The fourth-order valence-corrected chi connectivity index (χ4v) is 2.93. The van der Waals surface area contributed by atoms with Gasteiger partial charge in [-0.1, -0.05) is 26.0 Å². The molecular weight excluding hydrogens is 825 g/mol. The highest BCUT2D eigenvalue weighted by Crippen LogP contribution is 1.81. The Balaban J connectivity index is 0.000000314. The molecule has 0 radical (unpaired) electrons. The first-order valence-electron chi connectivity index (χ1n) is 14.6. The van der Waals surface area contributed by atoms with Crippen LogP contribution >= 0.6 is 46.1 Å². The zero-order valence-electron chi connectivity index (χ0n) is 28.8. The van der Waals surface area contributed by atoms with Crippen LogP contribution in [-0.4, -0.2) is 107 Å².